The van der Waals surface area contributed by atoms with Gasteiger partial charge in [-0.2, -0.15) is 13.2 Å². The molecule has 3 unspecified atom stereocenters. The standard InChI is InChI=1S/C24H28F3NO4/c1-28(2)15-19-14-21(11-12-23(19,30)18-5-4-6-20(13-18)31-3)32-22(29)16-7-9-17(10-8-16)24(25,26)27/h4-10,13,19,21,30H,11-12,14-15H2,1-3H3. The number of hydrogen-bond acceptors (Lipinski definition) is 5. The van der Waals surface area contributed by atoms with Crippen LogP contribution in [-0.4, -0.2) is 49.8 Å². The number of esters is 1. The molecule has 1 saturated carbocycles. The summed E-state index contributed by atoms with van der Waals surface area (Å²) in [4.78, 5) is 14.5. The second-order valence-corrected chi connectivity index (χ2v) is 8.49. The van der Waals surface area contributed by atoms with E-state index in [4.69, 9.17) is 9.47 Å². The number of nitrogens with zero attached hydrogens (tertiary/aromatic N) is 1. The van der Waals surface area contributed by atoms with Crippen molar-refractivity contribution in [3.05, 3.63) is 65.2 Å². The van der Waals surface area contributed by atoms with Gasteiger partial charge in [0.05, 0.1) is 23.8 Å². The zero-order valence-corrected chi connectivity index (χ0v) is 18.4. The normalized spacial score (nSPS) is 23.8. The minimum atomic E-state index is -4.46. The number of carbonyl (C=O) groups is 1. The van der Waals surface area contributed by atoms with Crippen LogP contribution in [0.5, 0.6) is 5.75 Å². The molecule has 0 spiro atoms. The molecule has 5 nitrogen and oxygen atoms in total. The number of alkyl halides is 3. The van der Waals surface area contributed by atoms with Gasteiger partial charge in [0.25, 0.3) is 0 Å². The minimum Gasteiger partial charge on any atom is -0.497 e. The first-order chi connectivity index (χ1) is 15.0. The van der Waals surface area contributed by atoms with Gasteiger partial charge in [0.1, 0.15) is 11.9 Å². The van der Waals surface area contributed by atoms with Crippen molar-refractivity contribution in [1.82, 2.24) is 4.90 Å². The maximum absolute atomic E-state index is 12.7. The van der Waals surface area contributed by atoms with E-state index in [2.05, 4.69) is 0 Å². The molecule has 0 heterocycles. The van der Waals surface area contributed by atoms with E-state index in [0.29, 0.717) is 31.6 Å². The molecule has 8 heteroatoms. The van der Waals surface area contributed by atoms with Crippen molar-refractivity contribution in [2.75, 3.05) is 27.7 Å². The Morgan fingerprint density at radius 1 is 1.19 bits per heavy atom. The number of aliphatic hydroxyl groups is 1. The highest BCUT2D eigenvalue weighted by Crippen LogP contribution is 2.44. The van der Waals surface area contributed by atoms with Crippen molar-refractivity contribution < 1.29 is 32.5 Å². The molecule has 0 amide bonds. The van der Waals surface area contributed by atoms with E-state index < -0.39 is 29.4 Å². The molecule has 3 rings (SSSR count). The van der Waals surface area contributed by atoms with Crippen LogP contribution in [-0.2, 0) is 16.5 Å². The summed E-state index contributed by atoms with van der Waals surface area (Å²) >= 11 is 0. The van der Waals surface area contributed by atoms with E-state index in [1.54, 1.807) is 7.11 Å². The number of rotatable bonds is 6. The smallest absolute Gasteiger partial charge is 0.416 e. The highest BCUT2D eigenvalue weighted by Gasteiger charge is 2.44. The van der Waals surface area contributed by atoms with Crippen LogP contribution in [0.1, 0.15) is 40.7 Å². The zero-order chi connectivity index (χ0) is 23.5. The predicted octanol–water partition coefficient (Wildman–Crippen LogP) is 4.49. The Morgan fingerprint density at radius 3 is 2.47 bits per heavy atom. The van der Waals surface area contributed by atoms with E-state index in [9.17, 15) is 23.1 Å². The fraction of sp³-hybridized carbons (Fsp3) is 0.458. The number of hydrogen-bond donors (Lipinski definition) is 1. The number of carbonyl (C=O) groups excluding carboxylic acids is 1. The molecule has 2 aromatic carbocycles. The molecule has 0 aromatic heterocycles. The molecule has 0 aliphatic heterocycles. The minimum absolute atomic E-state index is 0.0655. The molecule has 0 bridgehead atoms. The third-order valence-electron chi connectivity index (χ3n) is 5.95. The van der Waals surface area contributed by atoms with E-state index in [0.717, 1.165) is 29.8 Å². The fourth-order valence-electron chi connectivity index (χ4n) is 4.28. The molecular formula is C24H28F3NO4. The van der Waals surface area contributed by atoms with Crippen LogP contribution in [0, 0.1) is 5.92 Å². The first-order valence-corrected chi connectivity index (χ1v) is 10.4. The number of ether oxygens (including phenoxy) is 2. The predicted molar refractivity (Wildman–Crippen MR) is 113 cm³/mol. The van der Waals surface area contributed by atoms with Crippen molar-refractivity contribution in [1.29, 1.82) is 0 Å². The molecule has 1 aliphatic rings. The highest BCUT2D eigenvalue weighted by atomic mass is 19.4. The quantitative estimate of drug-likeness (QED) is 0.656. The SMILES string of the molecule is COc1cccc(C2(O)CCC(OC(=O)c3ccc(C(F)(F)F)cc3)CC2CN(C)C)c1. The summed E-state index contributed by atoms with van der Waals surface area (Å²) in [6.07, 6.45) is -3.66. The van der Waals surface area contributed by atoms with E-state index >= 15 is 0 Å². The third-order valence-corrected chi connectivity index (χ3v) is 5.95. The average Bonchev–Trinajstić information content (AvgIpc) is 2.75. The molecule has 1 fully saturated rings. The van der Waals surface area contributed by atoms with Crippen LogP contribution in [0.3, 0.4) is 0 Å². The summed E-state index contributed by atoms with van der Waals surface area (Å²) in [5, 5.41) is 11.6. The summed E-state index contributed by atoms with van der Waals surface area (Å²) in [7, 11) is 5.38. The summed E-state index contributed by atoms with van der Waals surface area (Å²) < 4.78 is 49.2. The number of halogens is 3. The number of methoxy groups -OCH3 is 1. The first-order valence-electron chi connectivity index (χ1n) is 10.4. The third kappa shape index (κ3) is 5.42. The van der Waals surface area contributed by atoms with Gasteiger partial charge in [0, 0.05) is 12.5 Å². The second kappa shape index (κ2) is 9.50. The van der Waals surface area contributed by atoms with E-state index in [-0.39, 0.29) is 11.5 Å². The largest absolute Gasteiger partial charge is 0.497 e. The molecule has 3 atom stereocenters. The van der Waals surface area contributed by atoms with E-state index in [1.807, 2.05) is 43.3 Å². The lowest BCUT2D eigenvalue weighted by Crippen LogP contribution is -2.47. The van der Waals surface area contributed by atoms with Crippen LogP contribution in [0.2, 0.25) is 0 Å². The summed E-state index contributed by atoms with van der Waals surface area (Å²) in [5.41, 5.74) is -1.12. The first kappa shape index (κ1) is 24.1. The van der Waals surface area contributed by atoms with Crippen molar-refractivity contribution in [3.63, 3.8) is 0 Å². The Labute approximate surface area is 185 Å². The van der Waals surface area contributed by atoms with Crippen LogP contribution < -0.4 is 4.74 Å². The maximum atomic E-state index is 12.7. The Balaban J connectivity index is 1.75. The van der Waals surface area contributed by atoms with Gasteiger partial charge >= 0.3 is 12.1 Å². The van der Waals surface area contributed by atoms with Gasteiger partial charge < -0.3 is 19.5 Å². The average molecular weight is 451 g/mol. The van der Waals surface area contributed by atoms with Gasteiger partial charge in [-0.1, -0.05) is 12.1 Å². The highest BCUT2D eigenvalue weighted by molar-refractivity contribution is 5.89. The zero-order valence-electron chi connectivity index (χ0n) is 18.4. The van der Waals surface area contributed by atoms with E-state index in [1.165, 1.54) is 0 Å². The lowest BCUT2D eigenvalue weighted by Gasteiger charge is -2.44. The summed E-state index contributed by atoms with van der Waals surface area (Å²) in [5.74, 6) is -0.238. The molecular weight excluding hydrogens is 423 g/mol. The molecule has 174 valence electrons. The summed E-state index contributed by atoms with van der Waals surface area (Å²) in [6.45, 7) is 0.571. The Kier molecular flexibility index (Phi) is 7.15. The monoisotopic (exact) mass is 451 g/mol. The van der Waals surface area contributed by atoms with Crippen LogP contribution in [0.15, 0.2) is 48.5 Å². The second-order valence-electron chi connectivity index (χ2n) is 8.49. The van der Waals surface area contributed by atoms with Crippen molar-refractivity contribution in [3.8, 4) is 5.75 Å². The molecule has 1 aliphatic carbocycles. The van der Waals surface area contributed by atoms with Crippen LogP contribution >= 0.6 is 0 Å². The van der Waals surface area contributed by atoms with Crippen molar-refractivity contribution in [2.45, 2.75) is 37.1 Å². The van der Waals surface area contributed by atoms with Gasteiger partial charge in [-0.15, -0.1) is 0 Å². The van der Waals surface area contributed by atoms with Crippen molar-refractivity contribution in [2.24, 2.45) is 5.92 Å². The number of benzene rings is 2. The molecule has 1 N–H and O–H groups in total. The van der Waals surface area contributed by atoms with Gasteiger partial charge in [-0.25, -0.2) is 4.79 Å². The van der Waals surface area contributed by atoms with Crippen LogP contribution in [0.25, 0.3) is 0 Å². The Hall–Kier alpha value is -2.58. The molecule has 2 aromatic rings. The Morgan fingerprint density at radius 2 is 1.88 bits per heavy atom. The van der Waals surface area contributed by atoms with Gasteiger partial charge in [0.2, 0.25) is 0 Å². The van der Waals surface area contributed by atoms with Gasteiger partial charge in [0.15, 0.2) is 0 Å². The Bertz CT molecular complexity index is 930. The topological polar surface area (TPSA) is 59.0 Å². The fourth-order valence-corrected chi connectivity index (χ4v) is 4.28. The van der Waals surface area contributed by atoms with Crippen molar-refractivity contribution >= 4 is 5.97 Å². The lowest BCUT2D eigenvalue weighted by molar-refractivity contribution is -0.137. The van der Waals surface area contributed by atoms with Crippen LogP contribution in [0.4, 0.5) is 13.2 Å². The van der Waals surface area contributed by atoms with Gasteiger partial charge in [-0.05, 0) is 75.3 Å². The summed E-state index contributed by atoms with van der Waals surface area (Å²) in [6, 6.07) is 11.3. The molecule has 0 radical (unpaired) electrons. The lowest BCUT2D eigenvalue weighted by atomic mass is 9.70. The molecule has 32 heavy (non-hydrogen) atoms. The van der Waals surface area contributed by atoms with Gasteiger partial charge in [-0.3, -0.25) is 0 Å². The molecule has 0 saturated heterocycles. The maximum Gasteiger partial charge on any atom is 0.416 e.